The molecule has 5 rings (SSSR count). The first-order valence-corrected chi connectivity index (χ1v) is 12.3. The Kier molecular flexibility index (Phi) is 6.05. The van der Waals surface area contributed by atoms with E-state index in [1.165, 1.54) is 5.56 Å². The molecule has 2 saturated heterocycles. The molecule has 0 spiro atoms. The summed E-state index contributed by atoms with van der Waals surface area (Å²) in [5.41, 5.74) is 1.81. The van der Waals surface area contributed by atoms with Crippen molar-refractivity contribution in [2.75, 3.05) is 25.4 Å². The summed E-state index contributed by atoms with van der Waals surface area (Å²) in [6, 6.07) is 22.4. The number of nitrogens with zero attached hydrogens (tertiary/aromatic N) is 2. The van der Waals surface area contributed by atoms with E-state index in [-0.39, 0.29) is 24.3 Å². The van der Waals surface area contributed by atoms with Gasteiger partial charge in [0.25, 0.3) is 5.91 Å². The number of hydrogen-bond donors (Lipinski definition) is 1. The van der Waals surface area contributed by atoms with Gasteiger partial charge in [-0.1, -0.05) is 66.7 Å². The van der Waals surface area contributed by atoms with E-state index >= 15 is 0 Å². The zero-order valence-corrected chi connectivity index (χ0v) is 19.0. The van der Waals surface area contributed by atoms with Crippen LogP contribution in [0.5, 0.6) is 0 Å². The van der Waals surface area contributed by atoms with Crippen molar-refractivity contribution in [3.8, 4) is 0 Å². The highest BCUT2D eigenvalue weighted by atomic mass is 32.2. The van der Waals surface area contributed by atoms with Crippen LogP contribution in [0.15, 0.2) is 72.8 Å². The van der Waals surface area contributed by atoms with Crippen molar-refractivity contribution in [1.29, 1.82) is 0 Å². The lowest BCUT2D eigenvalue weighted by Crippen LogP contribution is -2.70. The van der Waals surface area contributed by atoms with Crippen LogP contribution in [-0.4, -0.2) is 65.0 Å². The Labute approximate surface area is 196 Å². The van der Waals surface area contributed by atoms with Crippen LogP contribution in [0, 0.1) is 0 Å². The number of hydrogen-bond acceptors (Lipinski definition) is 4. The Bertz CT molecular complexity index is 1190. The zero-order chi connectivity index (χ0) is 22.8. The molecule has 168 valence electrons. The molecule has 0 saturated carbocycles. The topological polar surface area (TPSA) is 69.7 Å². The third-order valence-electron chi connectivity index (χ3n) is 6.28. The second kappa shape index (κ2) is 9.27. The number of amides is 3. The maximum Gasteiger partial charge on any atom is 0.254 e. The van der Waals surface area contributed by atoms with Gasteiger partial charge in [-0.3, -0.25) is 14.4 Å². The summed E-state index contributed by atoms with van der Waals surface area (Å²) >= 11 is 1.64. The molecule has 0 aliphatic carbocycles. The maximum absolute atomic E-state index is 13.3. The normalized spacial score (nSPS) is 20.5. The second-order valence-electron chi connectivity index (χ2n) is 8.39. The Morgan fingerprint density at radius 2 is 1.70 bits per heavy atom. The quantitative estimate of drug-likeness (QED) is 0.637. The Morgan fingerprint density at radius 3 is 2.55 bits per heavy atom. The van der Waals surface area contributed by atoms with Crippen molar-refractivity contribution in [2.24, 2.45) is 0 Å². The predicted octanol–water partition coefficient (Wildman–Crippen LogP) is 2.92. The molecule has 0 bridgehead atoms. The summed E-state index contributed by atoms with van der Waals surface area (Å²) in [6.07, 6.45) is 0. The number of carbonyl (C=O) groups is 3. The number of rotatable bonds is 5. The largest absolute Gasteiger partial charge is 0.342 e. The van der Waals surface area contributed by atoms with Gasteiger partial charge in [-0.15, -0.1) is 0 Å². The number of nitrogens with one attached hydrogen (secondary N) is 1. The van der Waals surface area contributed by atoms with E-state index in [1.807, 2.05) is 60.7 Å². The van der Waals surface area contributed by atoms with Gasteiger partial charge in [0, 0.05) is 30.2 Å². The van der Waals surface area contributed by atoms with Crippen molar-refractivity contribution in [3.05, 3.63) is 83.9 Å². The minimum Gasteiger partial charge on any atom is -0.342 e. The number of carbonyl (C=O) groups excluding carboxylic acids is 3. The second-order valence-corrected chi connectivity index (χ2v) is 9.42. The third-order valence-corrected chi connectivity index (χ3v) is 7.39. The molecular formula is C26H25N3O3S. The molecule has 3 amide bonds. The van der Waals surface area contributed by atoms with E-state index in [1.54, 1.807) is 21.6 Å². The van der Waals surface area contributed by atoms with Gasteiger partial charge in [-0.25, -0.2) is 0 Å². The molecule has 2 aliphatic rings. The fourth-order valence-corrected chi connectivity index (χ4v) is 5.56. The minimum absolute atomic E-state index is 0.0579. The van der Waals surface area contributed by atoms with E-state index in [0.29, 0.717) is 24.4 Å². The van der Waals surface area contributed by atoms with Crippen LogP contribution in [0.25, 0.3) is 10.8 Å². The van der Waals surface area contributed by atoms with E-state index in [0.717, 1.165) is 16.5 Å². The highest BCUT2D eigenvalue weighted by Gasteiger charge is 2.44. The predicted molar refractivity (Wildman–Crippen MR) is 130 cm³/mol. The van der Waals surface area contributed by atoms with Crippen LogP contribution in [0.3, 0.4) is 0 Å². The van der Waals surface area contributed by atoms with Gasteiger partial charge in [-0.2, -0.15) is 11.8 Å². The molecule has 0 radical (unpaired) electrons. The molecule has 2 fully saturated rings. The Balaban J connectivity index is 1.24. The lowest BCUT2D eigenvalue weighted by Gasteiger charge is -2.45. The van der Waals surface area contributed by atoms with Crippen LogP contribution in [0.1, 0.15) is 15.9 Å². The smallest absolute Gasteiger partial charge is 0.254 e. The summed E-state index contributed by atoms with van der Waals surface area (Å²) in [6.45, 7) is 0.998. The van der Waals surface area contributed by atoms with Crippen molar-refractivity contribution < 1.29 is 14.4 Å². The fourth-order valence-electron chi connectivity index (χ4n) is 4.55. The fraction of sp³-hybridized carbons (Fsp3) is 0.269. The standard InChI is InChI=1S/C26H25N3O3S/c30-24-23-15-28(25(31)21-12-6-10-19-9-4-5-11-20(19)21)13-14-29(23)26(32)22(27-24)17-33-16-18-7-2-1-3-8-18/h1-12,22-23H,13-17H2,(H,27,30)/t22-,23+/m0/s1. The summed E-state index contributed by atoms with van der Waals surface area (Å²) in [7, 11) is 0. The lowest BCUT2D eigenvalue weighted by molar-refractivity contribution is -0.151. The van der Waals surface area contributed by atoms with Gasteiger partial charge in [-0.05, 0) is 22.4 Å². The SMILES string of the molecule is O=C1N[C@@H](CSCc2ccccc2)C(=O)N2CCN(C(=O)c3cccc4ccccc34)C[C@H]12. The van der Waals surface area contributed by atoms with Crippen molar-refractivity contribution in [1.82, 2.24) is 15.1 Å². The van der Waals surface area contributed by atoms with E-state index in [2.05, 4.69) is 17.4 Å². The number of thioether (sulfide) groups is 1. The molecule has 7 heteroatoms. The lowest BCUT2D eigenvalue weighted by atomic mass is 10.0. The molecule has 2 atom stereocenters. The minimum atomic E-state index is -0.638. The van der Waals surface area contributed by atoms with Crippen LogP contribution in [0.2, 0.25) is 0 Å². The van der Waals surface area contributed by atoms with E-state index in [4.69, 9.17) is 0 Å². The Morgan fingerprint density at radius 1 is 0.939 bits per heavy atom. The molecular weight excluding hydrogens is 434 g/mol. The monoisotopic (exact) mass is 459 g/mol. The van der Waals surface area contributed by atoms with Crippen molar-refractivity contribution >= 4 is 40.3 Å². The first-order chi connectivity index (χ1) is 16.1. The summed E-state index contributed by atoms with van der Waals surface area (Å²) in [5, 5.41) is 4.79. The van der Waals surface area contributed by atoms with Gasteiger partial charge >= 0.3 is 0 Å². The number of fused-ring (bicyclic) bond motifs is 2. The van der Waals surface area contributed by atoms with E-state index in [9.17, 15) is 14.4 Å². The number of piperazine rings is 2. The van der Waals surface area contributed by atoms with Gasteiger partial charge < -0.3 is 15.1 Å². The van der Waals surface area contributed by atoms with Gasteiger partial charge in [0.05, 0.1) is 6.54 Å². The first-order valence-electron chi connectivity index (χ1n) is 11.1. The van der Waals surface area contributed by atoms with Gasteiger partial charge in [0.15, 0.2) is 0 Å². The van der Waals surface area contributed by atoms with Crippen LogP contribution >= 0.6 is 11.8 Å². The molecule has 3 aromatic rings. The molecule has 6 nitrogen and oxygen atoms in total. The molecule has 1 N–H and O–H groups in total. The number of benzene rings is 3. The van der Waals surface area contributed by atoms with Gasteiger partial charge in [0.2, 0.25) is 11.8 Å². The molecule has 0 unspecified atom stereocenters. The first kappa shape index (κ1) is 21.5. The molecule has 0 aromatic heterocycles. The highest BCUT2D eigenvalue weighted by molar-refractivity contribution is 7.98. The molecule has 2 heterocycles. The third kappa shape index (κ3) is 4.33. The average molecular weight is 460 g/mol. The molecule has 33 heavy (non-hydrogen) atoms. The summed E-state index contributed by atoms with van der Waals surface area (Å²) in [5.74, 6) is 0.971. The zero-order valence-electron chi connectivity index (χ0n) is 18.1. The van der Waals surface area contributed by atoms with Crippen LogP contribution < -0.4 is 5.32 Å². The van der Waals surface area contributed by atoms with Crippen molar-refractivity contribution in [2.45, 2.75) is 17.8 Å². The average Bonchev–Trinajstić information content (AvgIpc) is 2.86. The van der Waals surface area contributed by atoms with Crippen molar-refractivity contribution in [3.63, 3.8) is 0 Å². The highest BCUT2D eigenvalue weighted by Crippen LogP contribution is 2.24. The molecule has 3 aromatic carbocycles. The Hall–Kier alpha value is -3.32. The molecule has 2 aliphatic heterocycles. The van der Waals surface area contributed by atoms with Gasteiger partial charge in [0.1, 0.15) is 12.1 Å². The van der Waals surface area contributed by atoms with E-state index < -0.39 is 12.1 Å². The van der Waals surface area contributed by atoms with Crippen LogP contribution in [-0.2, 0) is 15.3 Å². The maximum atomic E-state index is 13.3. The van der Waals surface area contributed by atoms with Crippen LogP contribution in [0.4, 0.5) is 0 Å². The summed E-state index contributed by atoms with van der Waals surface area (Å²) < 4.78 is 0. The summed E-state index contributed by atoms with van der Waals surface area (Å²) in [4.78, 5) is 42.6.